The highest BCUT2D eigenvalue weighted by atomic mass is 19.1. The van der Waals surface area contributed by atoms with E-state index in [-0.39, 0.29) is 13.2 Å². The van der Waals surface area contributed by atoms with Gasteiger partial charge in [0.05, 0.1) is 6.61 Å². The molecule has 9 nitrogen and oxygen atoms in total. The summed E-state index contributed by atoms with van der Waals surface area (Å²) in [7, 11) is 1.57. The Balaban J connectivity index is 2.00. The maximum Gasteiger partial charge on any atom is 0.407 e. The molecule has 0 aromatic carbocycles. The van der Waals surface area contributed by atoms with Gasteiger partial charge in [-0.15, -0.1) is 0 Å². The molecule has 2 aliphatic rings. The van der Waals surface area contributed by atoms with Crippen molar-refractivity contribution < 1.29 is 28.6 Å². The van der Waals surface area contributed by atoms with Crippen molar-refractivity contribution in [3.05, 3.63) is 60.3 Å². The molecule has 32 heavy (non-hydrogen) atoms. The molecular weight excluding hydrogens is 419 g/mol. The van der Waals surface area contributed by atoms with Gasteiger partial charge in [-0.1, -0.05) is 18.7 Å². The largest absolute Gasteiger partial charge is 0.445 e. The topological polar surface area (TPSA) is 103 Å². The van der Waals surface area contributed by atoms with E-state index in [1.807, 2.05) is 4.90 Å². The second kappa shape index (κ2) is 12.2. The van der Waals surface area contributed by atoms with Crippen LogP contribution in [0.4, 0.5) is 9.18 Å². The SMILES string of the molecule is C=C(F)/C=C(\C=C/COC)N1CCN(C(C)(O)C(=O)NC2=C/COC(=O)NC/C=C\2)CC1. The number of halogens is 1. The number of aliphatic hydroxyl groups is 1. The van der Waals surface area contributed by atoms with Crippen molar-refractivity contribution in [2.45, 2.75) is 12.6 Å². The Hall–Kier alpha value is -2.95. The first-order chi connectivity index (χ1) is 15.2. The van der Waals surface area contributed by atoms with Crippen LogP contribution in [-0.2, 0) is 14.3 Å². The normalized spacial score (nSPS) is 23.0. The number of amides is 2. The van der Waals surface area contributed by atoms with E-state index >= 15 is 0 Å². The number of piperazine rings is 1. The molecule has 1 fully saturated rings. The van der Waals surface area contributed by atoms with Crippen molar-refractivity contribution in [1.82, 2.24) is 20.4 Å². The summed E-state index contributed by atoms with van der Waals surface area (Å²) in [6.45, 7) is 7.07. The predicted molar refractivity (Wildman–Crippen MR) is 118 cm³/mol. The summed E-state index contributed by atoms with van der Waals surface area (Å²) < 4.78 is 23.3. The summed E-state index contributed by atoms with van der Waals surface area (Å²) >= 11 is 0. The molecule has 1 saturated heterocycles. The number of rotatable bonds is 8. The Bertz CT molecular complexity index is 811. The second-order valence-corrected chi connectivity index (χ2v) is 7.36. The fraction of sp³-hybridized carbons (Fsp3) is 0.455. The van der Waals surface area contributed by atoms with Crippen LogP contribution in [0.1, 0.15) is 6.92 Å². The van der Waals surface area contributed by atoms with Crippen LogP contribution in [0.25, 0.3) is 0 Å². The van der Waals surface area contributed by atoms with Gasteiger partial charge in [0, 0.05) is 51.2 Å². The molecule has 10 heteroatoms. The van der Waals surface area contributed by atoms with E-state index in [9.17, 15) is 19.1 Å². The summed E-state index contributed by atoms with van der Waals surface area (Å²) in [6.07, 6.45) is 9.15. The van der Waals surface area contributed by atoms with E-state index < -0.39 is 23.6 Å². The van der Waals surface area contributed by atoms with Crippen molar-refractivity contribution in [2.75, 3.05) is 53.0 Å². The first-order valence-corrected chi connectivity index (χ1v) is 10.3. The number of carbonyl (C=O) groups is 2. The molecular formula is C22H31FN4O5. The Morgan fingerprint density at radius 3 is 2.81 bits per heavy atom. The van der Waals surface area contributed by atoms with Gasteiger partial charge in [0.2, 0.25) is 0 Å². The molecule has 0 aromatic heterocycles. The highest BCUT2D eigenvalue weighted by Crippen LogP contribution is 2.19. The third-order valence-electron chi connectivity index (χ3n) is 4.98. The van der Waals surface area contributed by atoms with Crippen molar-refractivity contribution in [1.29, 1.82) is 0 Å². The molecule has 0 saturated carbocycles. The van der Waals surface area contributed by atoms with Crippen molar-refractivity contribution >= 4 is 12.0 Å². The van der Waals surface area contributed by atoms with Crippen LogP contribution in [0.5, 0.6) is 0 Å². The van der Waals surface area contributed by atoms with E-state index in [2.05, 4.69) is 17.2 Å². The summed E-state index contributed by atoms with van der Waals surface area (Å²) in [5.41, 5.74) is -0.712. The molecule has 3 N–H and O–H groups in total. The molecule has 2 amide bonds. The highest BCUT2D eigenvalue weighted by Gasteiger charge is 2.39. The first-order valence-electron chi connectivity index (χ1n) is 10.3. The Kier molecular flexibility index (Phi) is 9.63. The highest BCUT2D eigenvalue weighted by molar-refractivity contribution is 5.86. The van der Waals surface area contributed by atoms with E-state index in [1.165, 1.54) is 13.0 Å². The van der Waals surface area contributed by atoms with Crippen molar-refractivity contribution in [3.8, 4) is 0 Å². The van der Waals surface area contributed by atoms with Crippen LogP contribution >= 0.6 is 0 Å². The van der Waals surface area contributed by atoms with Crippen LogP contribution < -0.4 is 10.6 Å². The second-order valence-electron chi connectivity index (χ2n) is 7.36. The van der Waals surface area contributed by atoms with Gasteiger partial charge < -0.3 is 30.1 Å². The average molecular weight is 451 g/mol. The molecule has 2 rings (SSSR count). The van der Waals surface area contributed by atoms with Crippen molar-refractivity contribution in [3.63, 3.8) is 0 Å². The molecule has 1 atom stereocenters. The van der Waals surface area contributed by atoms with Crippen LogP contribution in [-0.4, -0.2) is 85.7 Å². The van der Waals surface area contributed by atoms with Gasteiger partial charge in [-0.2, -0.15) is 0 Å². The maximum atomic E-state index is 13.4. The summed E-state index contributed by atoms with van der Waals surface area (Å²) in [5.74, 6) is -1.17. The maximum absolute atomic E-state index is 13.4. The van der Waals surface area contributed by atoms with E-state index in [0.717, 1.165) is 0 Å². The number of ether oxygens (including phenoxy) is 2. The lowest BCUT2D eigenvalue weighted by Crippen LogP contribution is -2.61. The first kappa shape index (κ1) is 25.3. The monoisotopic (exact) mass is 450 g/mol. The summed E-state index contributed by atoms with van der Waals surface area (Å²) in [5, 5.41) is 16.1. The summed E-state index contributed by atoms with van der Waals surface area (Å²) in [6, 6.07) is 0. The van der Waals surface area contributed by atoms with Gasteiger partial charge in [0.1, 0.15) is 12.4 Å². The number of cyclic esters (lactones) is 1. The van der Waals surface area contributed by atoms with Gasteiger partial charge in [-0.05, 0) is 31.2 Å². The van der Waals surface area contributed by atoms with Crippen LogP contribution in [0.15, 0.2) is 60.3 Å². The minimum Gasteiger partial charge on any atom is -0.445 e. The average Bonchev–Trinajstić information content (AvgIpc) is 2.85. The molecule has 0 radical (unpaired) electrons. The number of allylic oxidation sites excluding steroid dienone is 4. The Morgan fingerprint density at radius 1 is 1.44 bits per heavy atom. The molecule has 1 unspecified atom stereocenters. The van der Waals surface area contributed by atoms with Crippen LogP contribution in [0.3, 0.4) is 0 Å². The quantitative estimate of drug-likeness (QED) is 0.477. The van der Waals surface area contributed by atoms with Gasteiger partial charge in [-0.3, -0.25) is 9.69 Å². The molecule has 2 aliphatic heterocycles. The van der Waals surface area contributed by atoms with Gasteiger partial charge in [0.25, 0.3) is 5.91 Å². The number of nitrogens with zero attached hydrogens (tertiary/aromatic N) is 2. The third-order valence-corrected chi connectivity index (χ3v) is 4.98. The molecule has 0 spiro atoms. The number of methoxy groups -OCH3 is 1. The number of hydrogen-bond acceptors (Lipinski definition) is 7. The third kappa shape index (κ3) is 7.63. The molecule has 2 heterocycles. The number of alkyl carbamates (subject to hydrolysis) is 1. The molecule has 176 valence electrons. The van der Waals surface area contributed by atoms with E-state index in [0.29, 0.717) is 44.2 Å². The zero-order valence-electron chi connectivity index (χ0n) is 18.5. The van der Waals surface area contributed by atoms with Crippen molar-refractivity contribution in [2.24, 2.45) is 0 Å². The Morgan fingerprint density at radius 2 is 2.16 bits per heavy atom. The molecule has 0 bridgehead atoms. The molecule has 0 aliphatic carbocycles. The van der Waals surface area contributed by atoms with E-state index in [4.69, 9.17) is 9.47 Å². The van der Waals surface area contributed by atoms with Gasteiger partial charge >= 0.3 is 6.09 Å². The predicted octanol–water partition coefficient (Wildman–Crippen LogP) is 1.18. The van der Waals surface area contributed by atoms with Gasteiger partial charge in [0.15, 0.2) is 5.72 Å². The standard InChI is InChI=1S/C22H31FN4O5/c1-17(23)16-19(7-5-14-31-3)26-10-12-27(13-11-26)22(2,30)20(28)25-18-6-4-9-24-21(29)32-15-8-18/h4-8,16,30H,1,9-15H2,2-3H3,(H,24,29)(H,25,28)/b6-4-,7-5-,18-8+,19-16+. The number of hydrogen-bond donors (Lipinski definition) is 3. The van der Waals surface area contributed by atoms with Crippen LogP contribution in [0, 0.1) is 0 Å². The zero-order valence-corrected chi connectivity index (χ0v) is 18.5. The smallest absolute Gasteiger partial charge is 0.407 e. The fourth-order valence-corrected chi connectivity index (χ4v) is 3.21. The molecule has 0 aromatic rings. The number of carbonyl (C=O) groups excluding carboxylic acids is 2. The zero-order chi connectivity index (χ0) is 23.6. The Labute approximate surface area is 187 Å². The lowest BCUT2D eigenvalue weighted by atomic mass is 10.1. The fourth-order valence-electron chi connectivity index (χ4n) is 3.21. The minimum atomic E-state index is -1.77. The number of nitrogens with one attached hydrogen (secondary N) is 2. The summed E-state index contributed by atoms with van der Waals surface area (Å²) in [4.78, 5) is 27.7. The van der Waals surface area contributed by atoms with Gasteiger partial charge in [-0.25, -0.2) is 9.18 Å². The lowest BCUT2D eigenvalue weighted by Gasteiger charge is -2.42. The van der Waals surface area contributed by atoms with E-state index in [1.54, 1.807) is 42.4 Å². The minimum absolute atomic E-state index is 0.0157. The van der Waals surface area contributed by atoms with Crippen LogP contribution in [0.2, 0.25) is 0 Å². The lowest BCUT2D eigenvalue weighted by molar-refractivity contribution is -0.162.